The summed E-state index contributed by atoms with van der Waals surface area (Å²) in [6.45, 7) is 4.07. The average Bonchev–Trinajstić information content (AvgIpc) is 2.85. The molecular formula is C16H14O2. The molecule has 0 saturated heterocycles. The maximum atomic E-state index is 10.1. The zero-order chi connectivity index (χ0) is 12.7. The maximum Gasteiger partial charge on any atom is 0.138 e. The molecule has 0 saturated carbocycles. The van der Waals surface area contributed by atoms with Gasteiger partial charge in [-0.3, -0.25) is 0 Å². The summed E-state index contributed by atoms with van der Waals surface area (Å²) in [5, 5.41) is 10.1. The van der Waals surface area contributed by atoms with Crippen LogP contribution in [-0.4, -0.2) is 5.11 Å². The lowest BCUT2D eigenvalue weighted by atomic mass is 10.0. The Morgan fingerprint density at radius 3 is 2.39 bits per heavy atom. The highest BCUT2D eigenvalue weighted by Crippen LogP contribution is 2.35. The van der Waals surface area contributed by atoms with Crippen LogP contribution in [0.15, 0.2) is 53.8 Å². The molecule has 0 radical (unpaired) electrons. The summed E-state index contributed by atoms with van der Waals surface area (Å²) in [7, 11) is 0. The summed E-state index contributed by atoms with van der Waals surface area (Å²) in [5.41, 5.74) is 4.04. The molecule has 1 aliphatic carbocycles. The van der Waals surface area contributed by atoms with E-state index in [2.05, 4.69) is 0 Å². The molecular weight excluding hydrogens is 224 g/mol. The molecule has 2 heteroatoms. The third-order valence-corrected chi connectivity index (χ3v) is 3.31. The fourth-order valence-electron chi connectivity index (χ4n) is 2.10. The lowest BCUT2D eigenvalue weighted by Crippen LogP contribution is -2.05. The van der Waals surface area contributed by atoms with Crippen LogP contribution in [0.2, 0.25) is 0 Å². The van der Waals surface area contributed by atoms with Crippen molar-refractivity contribution in [1.29, 1.82) is 0 Å². The Labute approximate surface area is 106 Å². The molecule has 2 aliphatic rings. The Balaban J connectivity index is 2.15. The van der Waals surface area contributed by atoms with Gasteiger partial charge in [0.05, 0.1) is 5.56 Å². The second-order valence-electron chi connectivity index (χ2n) is 4.60. The molecule has 0 fully saturated rings. The molecule has 0 atom stereocenters. The SMILES string of the molecule is Cc1cc2c(cc1C)C(O)=CC(=C1C=CC=C1)O2. The first-order chi connectivity index (χ1) is 8.65. The number of aliphatic hydroxyl groups is 1. The van der Waals surface area contributed by atoms with Crippen LogP contribution in [-0.2, 0) is 0 Å². The van der Waals surface area contributed by atoms with Crippen molar-refractivity contribution >= 4 is 5.76 Å². The first-order valence-corrected chi connectivity index (χ1v) is 5.94. The normalized spacial score (nSPS) is 16.7. The van der Waals surface area contributed by atoms with Crippen molar-refractivity contribution in [1.82, 2.24) is 0 Å². The minimum absolute atomic E-state index is 0.260. The second-order valence-corrected chi connectivity index (χ2v) is 4.60. The topological polar surface area (TPSA) is 29.5 Å². The highest BCUT2D eigenvalue weighted by Gasteiger charge is 2.19. The molecule has 90 valence electrons. The zero-order valence-corrected chi connectivity index (χ0v) is 10.4. The van der Waals surface area contributed by atoms with E-state index in [4.69, 9.17) is 4.74 Å². The van der Waals surface area contributed by atoms with Gasteiger partial charge in [-0.2, -0.15) is 0 Å². The van der Waals surface area contributed by atoms with Crippen molar-refractivity contribution in [3.05, 3.63) is 70.5 Å². The van der Waals surface area contributed by atoms with Crippen molar-refractivity contribution in [2.45, 2.75) is 13.8 Å². The number of benzene rings is 1. The standard InChI is InChI=1S/C16H14O2/c1-10-7-13-14(17)9-15(12-5-3-4-6-12)18-16(13)8-11(10)2/h3-9,17H,1-2H3. The van der Waals surface area contributed by atoms with E-state index in [0.717, 1.165) is 22.3 Å². The summed E-state index contributed by atoms with van der Waals surface area (Å²) < 4.78 is 5.86. The third-order valence-electron chi connectivity index (χ3n) is 3.31. The Kier molecular flexibility index (Phi) is 2.37. The molecule has 0 amide bonds. The van der Waals surface area contributed by atoms with E-state index in [0.29, 0.717) is 11.5 Å². The van der Waals surface area contributed by atoms with Gasteiger partial charge in [0.25, 0.3) is 0 Å². The Bertz CT molecular complexity index is 629. The molecule has 1 heterocycles. The average molecular weight is 238 g/mol. The minimum atomic E-state index is 0.260. The second kappa shape index (κ2) is 3.91. The van der Waals surface area contributed by atoms with E-state index in [1.165, 1.54) is 0 Å². The van der Waals surface area contributed by atoms with Crippen LogP contribution in [0.25, 0.3) is 5.76 Å². The van der Waals surface area contributed by atoms with Gasteiger partial charge in [0.1, 0.15) is 17.3 Å². The largest absolute Gasteiger partial charge is 0.507 e. The number of fused-ring (bicyclic) bond motifs is 1. The summed E-state index contributed by atoms with van der Waals surface area (Å²) in [4.78, 5) is 0. The van der Waals surface area contributed by atoms with Gasteiger partial charge in [-0.25, -0.2) is 0 Å². The van der Waals surface area contributed by atoms with Gasteiger partial charge in [-0.1, -0.05) is 24.3 Å². The van der Waals surface area contributed by atoms with Crippen LogP contribution in [0.3, 0.4) is 0 Å². The van der Waals surface area contributed by atoms with Crippen molar-refractivity contribution in [3.63, 3.8) is 0 Å². The fourth-order valence-corrected chi connectivity index (χ4v) is 2.10. The summed E-state index contributed by atoms with van der Waals surface area (Å²) in [6.07, 6.45) is 9.50. The van der Waals surface area contributed by atoms with Gasteiger partial charge in [-0.05, 0) is 37.1 Å². The Morgan fingerprint density at radius 1 is 1.00 bits per heavy atom. The van der Waals surface area contributed by atoms with E-state index >= 15 is 0 Å². The maximum absolute atomic E-state index is 10.1. The molecule has 3 rings (SSSR count). The Hall–Kier alpha value is -2.22. The van der Waals surface area contributed by atoms with Crippen molar-refractivity contribution in [3.8, 4) is 5.75 Å². The van der Waals surface area contributed by atoms with Crippen LogP contribution in [0.5, 0.6) is 5.75 Å². The van der Waals surface area contributed by atoms with Gasteiger partial charge in [0, 0.05) is 11.6 Å². The van der Waals surface area contributed by atoms with Gasteiger partial charge in [0.15, 0.2) is 0 Å². The van der Waals surface area contributed by atoms with Gasteiger partial charge < -0.3 is 9.84 Å². The fraction of sp³-hybridized carbons (Fsp3) is 0.125. The van der Waals surface area contributed by atoms with E-state index in [9.17, 15) is 5.11 Å². The predicted molar refractivity (Wildman–Crippen MR) is 72.5 cm³/mol. The smallest absolute Gasteiger partial charge is 0.138 e. The van der Waals surface area contributed by atoms with E-state index < -0.39 is 0 Å². The van der Waals surface area contributed by atoms with Gasteiger partial charge in [-0.15, -0.1) is 0 Å². The van der Waals surface area contributed by atoms with Crippen LogP contribution in [0.4, 0.5) is 0 Å². The van der Waals surface area contributed by atoms with Crippen LogP contribution in [0, 0.1) is 13.8 Å². The highest BCUT2D eigenvalue weighted by atomic mass is 16.5. The first-order valence-electron chi connectivity index (χ1n) is 5.94. The van der Waals surface area contributed by atoms with Crippen LogP contribution >= 0.6 is 0 Å². The summed E-state index contributed by atoms with van der Waals surface area (Å²) >= 11 is 0. The van der Waals surface area contributed by atoms with Crippen LogP contribution < -0.4 is 4.74 Å². The Morgan fingerprint density at radius 2 is 1.67 bits per heavy atom. The first kappa shape index (κ1) is 10.9. The molecule has 0 unspecified atom stereocenters. The van der Waals surface area contributed by atoms with Crippen molar-refractivity contribution in [2.24, 2.45) is 0 Å². The van der Waals surface area contributed by atoms with Gasteiger partial charge in [0.2, 0.25) is 0 Å². The van der Waals surface area contributed by atoms with E-state index in [1.54, 1.807) is 6.08 Å². The quantitative estimate of drug-likeness (QED) is 0.741. The molecule has 0 bridgehead atoms. The van der Waals surface area contributed by atoms with Crippen LogP contribution in [0.1, 0.15) is 16.7 Å². The predicted octanol–water partition coefficient (Wildman–Crippen LogP) is 3.97. The van der Waals surface area contributed by atoms with E-state index in [-0.39, 0.29) is 5.76 Å². The van der Waals surface area contributed by atoms with Crippen molar-refractivity contribution < 1.29 is 9.84 Å². The highest BCUT2D eigenvalue weighted by molar-refractivity contribution is 5.72. The zero-order valence-electron chi connectivity index (χ0n) is 10.4. The number of hydrogen-bond donors (Lipinski definition) is 1. The van der Waals surface area contributed by atoms with Gasteiger partial charge >= 0.3 is 0 Å². The number of hydrogen-bond acceptors (Lipinski definition) is 2. The number of ether oxygens (including phenoxy) is 1. The third kappa shape index (κ3) is 1.66. The number of aryl methyl sites for hydroxylation is 2. The lowest BCUT2D eigenvalue weighted by Gasteiger charge is -2.19. The summed E-state index contributed by atoms with van der Waals surface area (Å²) in [5.74, 6) is 1.66. The minimum Gasteiger partial charge on any atom is -0.507 e. The van der Waals surface area contributed by atoms with E-state index in [1.807, 2.05) is 50.3 Å². The molecule has 1 aromatic carbocycles. The monoisotopic (exact) mass is 238 g/mol. The van der Waals surface area contributed by atoms with Crippen molar-refractivity contribution in [2.75, 3.05) is 0 Å². The molecule has 1 aromatic rings. The molecule has 18 heavy (non-hydrogen) atoms. The summed E-state index contributed by atoms with van der Waals surface area (Å²) in [6, 6.07) is 3.93. The molecule has 2 nitrogen and oxygen atoms in total. The molecule has 1 N–H and O–H groups in total. The molecule has 1 aliphatic heterocycles. The molecule has 0 aromatic heterocycles. The lowest BCUT2D eigenvalue weighted by molar-refractivity contribution is 0.415. The molecule has 0 spiro atoms. The number of allylic oxidation sites excluding steroid dienone is 6. The number of aliphatic hydroxyl groups excluding tert-OH is 1. The number of rotatable bonds is 0.